The summed E-state index contributed by atoms with van der Waals surface area (Å²) < 4.78 is 5.18. The van der Waals surface area contributed by atoms with Crippen LogP contribution in [0.25, 0.3) is 0 Å². The third kappa shape index (κ3) is 2.17. The second-order valence-corrected chi connectivity index (χ2v) is 4.30. The first-order valence-electron chi connectivity index (χ1n) is 5.37. The molecule has 90 valence electrons. The van der Waals surface area contributed by atoms with Gasteiger partial charge in [0.2, 0.25) is 0 Å². The SMILES string of the molecule is O=C(O)C1C(CN2CCOCC2)C1C(=O)O. The zero-order valence-electron chi connectivity index (χ0n) is 8.83. The fraction of sp³-hybridized carbons (Fsp3) is 0.800. The third-order valence-electron chi connectivity index (χ3n) is 3.31. The summed E-state index contributed by atoms with van der Waals surface area (Å²) in [5.74, 6) is -3.65. The highest BCUT2D eigenvalue weighted by molar-refractivity contribution is 5.86. The highest BCUT2D eigenvalue weighted by atomic mass is 16.5. The molecule has 6 nitrogen and oxygen atoms in total. The molecule has 1 aliphatic carbocycles. The lowest BCUT2D eigenvalue weighted by atomic mass is 10.2. The van der Waals surface area contributed by atoms with Crippen LogP contribution in [-0.4, -0.2) is 59.9 Å². The Hall–Kier alpha value is -1.14. The number of morpholine rings is 1. The van der Waals surface area contributed by atoms with Gasteiger partial charge >= 0.3 is 11.9 Å². The highest BCUT2D eigenvalue weighted by Crippen LogP contribution is 2.47. The topological polar surface area (TPSA) is 87.1 Å². The van der Waals surface area contributed by atoms with Gasteiger partial charge in [0.1, 0.15) is 0 Å². The molecule has 0 aromatic carbocycles. The van der Waals surface area contributed by atoms with E-state index < -0.39 is 23.8 Å². The normalized spacial score (nSPS) is 34.6. The molecule has 0 spiro atoms. The Bertz CT molecular complexity index is 280. The zero-order valence-corrected chi connectivity index (χ0v) is 8.83. The molecule has 2 aliphatic rings. The molecule has 6 heteroatoms. The summed E-state index contributed by atoms with van der Waals surface area (Å²) in [5, 5.41) is 17.7. The van der Waals surface area contributed by atoms with Crippen LogP contribution in [0.3, 0.4) is 0 Å². The number of carboxylic acid groups (broad SMARTS) is 2. The minimum absolute atomic E-state index is 0.243. The Labute approximate surface area is 92.8 Å². The van der Waals surface area contributed by atoms with Crippen molar-refractivity contribution in [1.82, 2.24) is 4.90 Å². The molecule has 0 amide bonds. The van der Waals surface area contributed by atoms with Gasteiger partial charge in [-0.15, -0.1) is 0 Å². The molecule has 2 N–H and O–H groups in total. The van der Waals surface area contributed by atoms with E-state index in [0.717, 1.165) is 13.1 Å². The quantitative estimate of drug-likeness (QED) is 0.666. The van der Waals surface area contributed by atoms with Crippen molar-refractivity contribution in [2.45, 2.75) is 0 Å². The van der Waals surface area contributed by atoms with Gasteiger partial charge in [0, 0.05) is 19.6 Å². The van der Waals surface area contributed by atoms with Crippen LogP contribution < -0.4 is 0 Å². The van der Waals surface area contributed by atoms with Gasteiger partial charge in [-0.1, -0.05) is 0 Å². The van der Waals surface area contributed by atoms with Crippen molar-refractivity contribution in [2.75, 3.05) is 32.8 Å². The van der Waals surface area contributed by atoms with Crippen LogP contribution in [0.4, 0.5) is 0 Å². The van der Waals surface area contributed by atoms with E-state index in [0.29, 0.717) is 19.8 Å². The molecule has 1 aliphatic heterocycles. The van der Waals surface area contributed by atoms with Crippen molar-refractivity contribution < 1.29 is 24.5 Å². The van der Waals surface area contributed by atoms with E-state index in [-0.39, 0.29) is 5.92 Å². The first-order valence-corrected chi connectivity index (χ1v) is 5.37. The summed E-state index contributed by atoms with van der Waals surface area (Å²) in [5.41, 5.74) is 0. The Morgan fingerprint density at radius 3 is 2.06 bits per heavy atom. The molecule has 1 saturated heterocycles. The summed E-state index contributed by atoms with van der Waals surface area (Å²) >= 11 is 0. The van der Waals surface area contributed by atoms with Crippen molar-refractivity contribution in [3.05, 3.63) is 0 Å². The summed E-state index contributed by atoms with van der Waals surface area (Å²) in [6.07, 6.45) is 0. The van der Waals surface area contributed by atoms with Crippen LogP contribution in [-0.2, 0) is 14.3 Å². The monoisotopic (exact) mass is 229 g/mol. The number of carboxylic acids is 2. The van der Waals surface area contributed by atoms with Gasteiger partial charge in [-0.3, -0.25) is 14.5 Å². The van der Waals surface area contributed by atoms with Crippen molar-refractivity contribution in [3.8, 4) is 0 Å². The minimum Gasteiger partial charge on any atom is -0.481 e. The van der Waals surface area contributed by atoms with Crippen molar-refractivity contribution in [3.63, 3.8) is 0 Å². The molecule has 1 heterocycles. The predicted molar refractivity (Wildman–Crippen MR) is 53.0 cm³/mol. The Kier molecular flexibility index (Phi) is 3.11. The van der Waals surface area contributed by atoms with E-state index in [1.54, 1.807) is 0 Å². The van der Waals surface area contributed by atoms with Gasteiger partial charge in [-0.2, -0.15) is 0 Å². The van der Waals surface area contributed by atoms with Gasteiger partial charge in [0.25, 0.3) is 0 Å². The maximum Gasteiger partial charge on any atom is 0.307 e. The highest BCUT2D eigenvalue weighted by Gasteiger charge is 2.59. The first kappa shape index (κ1) is 11.3. The van der Waals surface area contributed by atoms with E-state index in [1.165, 1.54) is 0 Å². The second-order valence-electron chi connectivity index (χ2n) is 4.30. The van der Waals surface area contributed by atoms with E-state index in [9.17, 15) is 9.59 Å². The molecule has 16 heavy (non-hydrogen) atoms. The number of hydrogen-bond acceptors (Lipinski definition) is 4. The Morgan fingerprint density at radius 1 is 1.12 bits per heavy atom. The number of aliphatic carboxylic acids is 2. The maximum atomic E-state index is 10.8. The second kappa shape index (κ2) is 4.39. The summed E-state index contributed by atoms with van der Waals surface area (Å²) in [6, 6.07) is 0. The molecule has 0 aromatic heterocycles. The average molecular weight is 229 g/mol. The lowest BCUT2D eigenvalue weighted by Gasteiger charge is -2.26. The fourth-order valence-electron chi connectivity index (χ4n) is 2.36. The van der Waals surface area contributed by atoms with E-state index in [1.807, 2.05) is 0 Å². The van der Waals surface area contributed by atoms with Gasteiger partial charge in [0.05, 0.1) is 25.0 Å². The van der Waals surface area contributed by atoms with Crippen LogP contribution >= 0.6 is 0 Å². The van der Waals surface area contributed by atoms with E-state index >= 15 is 0 Å². The Balaban J connectivity index is 1.89. The van der Waals surface area contributed by atoms with Crippen LogP contribution in [0.1, 0.15) is 0 Å². The molecule has 0 radical (unpaired) electrons. The largest absolute Gasteiger partial charge is 0.481 e. The number of rotatable bonds is 4. The van der Waals surface area contributed by atoms with Gasteiger partial charge in [-0.05, 0) is 5.92 Å². The van der Waals surface area contributed by atoms with Crippen LogP contribution in [0.5, 0.6) is 0 Å². The van der Waals surface area contributed by atoms with Crippen LogP contribution in [0.15, 0.2) is 0 Å². The number of hydrogen-bond donors (Lipinski definition) is 2. The summed E-state index contributed by atoms with van der Waals surface area (Å²) in [7, 11) is 0. The van der Waals surface area contributed by atoms with E-state index in [4.69, 9.17) is 14.9 Å². The molecular weight excluding hydrogens is 214 g/mol. The summed E-state index contributed by atoms with van der Waals surface area (Å²) in [6.45, 7) is 3.35. The number of carbonyl (C=O) groups is 2. The van der Waals surface area contributed by atoms with Gasteiger partial charge in [0.15, 0.2) is 0 Å². The van der Waals surface area contributed by atoms with Crippen molar-refractivity contribution in [1.29, 1.82) is 0 Å². The van der Waals surface area contributed by atoms with Gasteiger partial charge < -0.3 is 14.9 Å². The van der Waals surface area contributed by atoms with Crippen molar-refractivity contribution >= 4 is 11.9 Å². The Morgan fingerprint density at radius 2 is 1.62 bits per heavy atom. The lowest BCUT2D eigenvalue weighted by Crippen LogP contribution is -2.38. The predicted octanol–water partition coefficient (Wildman–Crippen LogP) is -0.650. The first-order chi connectivity index (χ1) is 7.61. The maximum absolute atomic E-state index is 10.8. The molecule has 0 aromatic rings. The number of ether oxygens (including phenoxy) is 1. The average Bonchev–Trinajstić information content (AvgIpc) is 2.94. The van der Waals surface area contributed by atoms with Crippen LogP contribution in [0.2, 0.25) is 0 Å². The van der Waals surface area contributed by atoms with E-state index in [2.05, 4.69) is 4.90 Å². The third-order valence-corrected chi connectivity index (χ3v) is 3.31. The zero-order chi connectivity index (χ0) is 11.7. The summed E-state index contributed by atoms with van der Waals surface area (Å²) in [4.78, 5) is 23.7. The van der Waals surface area contributed by atoms with Crippen LogP contribution in [0, 0.1) is 17.8 Å². The molecule has 2 unspecified atom stereocenters. The molecule has 2 fully saturated rings. The smallest absolute Gasteiger partial charge is 0.307 e. The molecular formula is C10H15NO5. The molecule has 2 rings (SSSR count). The standard InChI is InChI=1S/C10H15NO5/c12-9(13)7-6(8(7)10(14)15)5-11-1-3-16-4-2-11/h6-8H,1-5H2,(H,12,13)(H,14,15). The molecule has 1 saturated carbocycles. The fourth-order valence-corrected chi connectivity index (χ4v) is 2.36. The minimum atomic E-state index is -0.995. The lowest BCUT2D eigenvalue weighted by molar-refractivity contribution is -0.144. The molecule has 0 bridgehead atoms. The number of nitrogens with zero attached hydrogens (tertiary/aromatic N) is 1. The van der Waals surface area contributed by atoms with Crippen molar-refractivity contribution in [2.24, 2.45) is 17.8 Å². The molecule has 2 atom stereocenters. The van der Waals surface area contributed by atoms with Gasteiger partial charge in [-0.25, -0.2) is 0 Å².